The second-order valence-corrected chi connectivity index (χ2v) is 5.18. The third-order valence-electron chi connectivity index (χ3n) is 2.74. The van der Waals surface area contributed by atoms with Crippen molar-refractivity contribution < 1.29 is 9.53 Å². The monoisotopic (exact) mass is 232 g/mol. The van der Waals surface area contributed by atoms with E-state index in [9.17, 15) is 4.79 Å². The summed E-state index contributed by atoms with van der Waals surface area (Å²) in [6.07, 6.45) is 1.51. The Bertz CT molecular complexity index is 419. The van der Waals surface area contributed by atoms with E-state index in [1.807, 2.05) is 19.1 Å². The van der Waals surface area contributed by atoms with Crippen LogP contribution in [0.15, 0.2) is 30.3 Å². The molecule has 0 saturated carbocycles. The number of allylic oxidation sites excluding steroid dienone is 1. The molecule has 0 aliphatic carbocycles. The smallest absolute Gasteiger partial charge is 0.330 e. The van der Waals surface area contributed by atoms with E-state index >= 15 is 0 Å². The van der Waals surface area contributed by atoms with E-state index in [2.05, 4.69) is 37.6 Å². The van der Waals surface area contributed by atoms with Crippen molar-refractivity contribution in [2.75, 3.05) is 7.11 Å². The van der Waals surface area contributed by atoms with Gasteiger partial charge in [0.1, 0.15) is 0 Å². The molecule has 0 bridgehead atoms. The van der Waals surface area contributed by atoms with E-state index in [0.717, 1.165) is 11.1 Å². The van der Waals surface area contributed by atoms with E-state index in [4.69, 9.17) is 0 Å². The Hall–Kier alpha value is -1.57. The molecule has 0 saturated heterocycles. The van der Waals surface area contributed by atoms with Gasteiger partial charge in [-0.2, -0.15) is 0 Å². The first-order chi connectivity index (χ1) is 7.84. The first-order valence-corrected chi connectivity index (χ1v) is 5.72. The summed E-state index contributed by atoms with van der Waals surface area (Å²) >= 11 is 0. The average Bonchev–Trinajstić information content (AvgIpc) is 2.27. The average molecular weight is 232 g/mol. The molecule has 0 spiro atoms. The number of hydrogen-bond donors (Lipinski definition) is 0. The van der Waals surface area contributed by atoms with Gasteiger partial charge in [-0.15, -0.1) is 0 Å². The molecule has 17 heavy (non-hydrogen) atoms. The second kappa shape index (κ2) is 5.17. The van der Waals surface area contributed by atoms with Crippen LogP contribution in [-0.2, 0) is 14.9 Å². The van der Waals surface area contributed by atoms with Crippen LogP contribution < -0.4 is 0 Å². The Morgan fingerprint density at radius 1 is 1.18 bits per heavy atom. The van der Waals surface area contributed by atoms with Crippen LogP contribution in [0.3, 0.4) is 0 Å². The van der Waals surface area contributed by atoms with Gasteiger partial charge in [-0.1, -0.05) is 45.0 Å². The molecule has 2 nitrogen and oxygen atoms in total. The molecule has 0 fully saturated rings. The molecular weight excluding hydrogens is 212 g/mol. The molecule has 0 N–H and O–H groups in total. The van der Waals surface area contributed by atoms with E-state index in [1.54, 1.807) is 0 Å². The lowest BCUT2D eigenvalue weighted by molar-refractivity contribution is -0.134. The maximum absolute atomic E-state index is 11.1. The van der Waals surface area contributed by atoms with Gasteiger partial charge in [-0.05, 0) is 29.0 Å². The van der Waals surface area contributed by atoms with Crippen LogP contribution in [0.1, 0.15) is 38.8 Å². The Kier molecular flexibility index (Phi) is 4.11. The topological polar surface area (TPSA) is 26.3 Å². The Morgan fingerprint density at radius 3 is 2.12 bits per heavy atom. The van der Waals surface area contributed by atoms with Gasteiger partial charge in [0.2, 0.25) is 0 Å². The van der Waals surface area contributed by atoms with Gasteiger partial charge < -0.3 is 4.74 Å². The zero-order valence-electron chi connectivity index (χ0n) is 11.2. The minimum absolute atomic E-state index is 0.151. The van der Waals surface area contributed by atoms with Crippen molar-refractivity contribution >= 4 is 11.5 Å². The molecule has 1 rings (SSSR count). The molecule has 0 amide bonds. The quantitative estimate of drug-likeness (QED) is 0.575. The number of methoxy groups -OCH3 is 1. The van der Waals surface area contributed by atoms with Crippen molar-refractivity contribution in [3.63, 3.8) is 0 Å². The van der Waals surface area contributed by atoms with Gasteiger partial charge in [-0.25, -0.2) is 4.79 Å². The number of benzene rings is 1. The maximum atomic E-state index is 11.1. The van der Waals surface area contributed by atoms with Crippen LogP contribution >= 0.6 is 0 Å². The number of ether oxygens (including phenoxy) is 1. The van der Waals surface area contributed by atoms with Gasteiger partial charge >= 0.3 is 5.97 Å². The minimum atomic E-state index is -0.317. The molecule has 0 atom stereocenters. The molecule has 2 heteroatoms. The lowest BCUT2D eigenvalue weighted by Gasteiger charge is -2.19. The fraction of sp³-hybridized carbons (Fsp3) is 0.400. The first-order valence-electron chi connectivity index (χ1n) is 5.72. The van der Waals surface area contributed by atoms with Crippen molar-refractivity contribution in [1.82, 2.24) is 0 Å². The number of esters is 1. The fourth-order valence-corrected chi connectivity index (χ4v) is 1.55. The first kappa shape index (κ1) is 13.5. The molecule has 1 aromatic rings. The second-order valence-electron chi connectivity index (χ2n) is 5.18. The third-order valence-corrected chi connectivity index (χ3v) is 2.74. The summed E-state index contributed by atoms with van der Waals surface area (Å²) in [5.74, 6) is -0.317. The SMILES string of the molecule is COC(=O)/C=C(/C)c1ccc(C(C)(C)C)cc1. The summed E-state index contributed by atoms with van der Waals surface area (Å²) in [4.78, 5) is 11.1. The highest BCUT2D eigenvalue weighted by molar-refractivity contribution is 5.90. The standard InChI is InChI=1S/C15H20O2/c1-11(10-14(16)17-5)12-6-8-13(9-7-12)15(2,3)4/h6-10H,1-5H3/b11-10-. The van der Waals surface area contributed by atoms with Gasteiger partial charge in [0.05, 0.1) is 7.11 Å². The summed E-state index contributed by atoms with van der Waals surface area (Å²) in [6, 6.07) is 8.28. The Morgan fingerprint density at radius 2 is 1.71 bits per heavy atom. The molecule has 0 unspecified atom stereocenters. The number of hydrogen-bond acceptors (Lipinski definition) is 2. The van der Waals surface area contributed by atoms with Crippen LogP contribution in [0.25, 0.3) is 5.57 Å². The zero-order valence-corrected chi connectivity index (χ0v) is 11.2. The van der Waals surface area contributed by atoms with Crippen molar-refractivity contribution in [1.29, 1.82) is 0 Å². The van der Waals surface area contributed by atoms with E-state index in [0.29, 0.717) is 0 Å². The predicted molar refractivity (Wildman–Crippen MR) is 70.8 cm³/mol. The molecule has 0 heterocycles. The summed E-state index contributed by atoms with van der Waals surface area (Å²) in [5.41, 5.74) is 3.39. The van der Waals surface area contributed by atoms with Crippen LogP contribution in [0.4, 0.5) is 0 Å². The Labute approximate surface area is 103 Å². The van der Waals surface area contributed by atoms with Gasteiger partial charge in [-0.3, -0.25) is 0 Å². The minimum Gasteiger partial charge on any atom is -0.466 e. The highest BCUT2D eigenvalue weighted by Gasteiger charge is 2.13. The lowest BCUT2D eigenvalue weighted by Crippen LogP contribution is -2.10. The fourth-order valence-electron chi connectivity index (χ4n) is 1.55. The summed E-state index contributed by atoms with van der Waals surface area (Å²) in [6.45, 7) is 8.44. The van der Waals surface area contributed by atoms with E-state index in [1.165, 1.54) is 18.7 Å². The molecule has 92 valence electrons. The summed E-state index contributed by atoms with van der Waals surface area (Å²) < 4.78 is 4.61. The van der Waals surface area contributed by atoms with Crippen molar-refractivity contribution in [3.8, 4) is 0 Å². The molecule has 0 aliphatic rings. The molecule has 0 aromatic heterocycles. The number of carbonyl (C=O) groups excluding carboxylic acids is 1. The van der Waals surface area contributed by atoms with E-state index < -0.39 is 0 Å². The van der Waals surface area contributed by atoms with Crippen LogP contribution in [-0.4, -0.2) is 13.1 Å². The Balaban J connectivity index is 2.96. The van der Waals surface area contributed by atoms with Crippen LogP contribution in [0, 0.1) is 0 Å². The lowest BCUT2D eigenvalue weighted by atomic mass is 9.86. The molecule has 1 aromatic carbocycles. The van der Waals surface area contributed by atoms with Crippen molar-refractivity contribution in [2.24, 2.45) is 0 Å². The highest BCUT2D eigenvalue weighted by Crippen LogP contribution is 2.24. The zero-order chi connectivity index (χ0) is 13.1. The molecule has 0 aliphatic heterocycles. The predicted octanol–water partition coefficient (Wildman–Crippen LogP) is 3.56. The van der Waals surface area contributed by atoms with Gasteiger partial charge in [0.15, 0.2) is 0 Å². The van der Waals surface area contributed by atoms with Crippen molar-refractivity contribution in [2.45, 2.75) is 33.1 Å². The summed E-state index contributed by atoms with van der Waals surface area (Å²) in [7, 11) is 1.38. The number of rotatable bonds is 2. The van der Waals surface area contributed by atoms with Gasteiger partial charge in [0, 0.05) is 6.08 Å². The maximum Gasteiger partial charge on any atom is 0.330 e. The van der Waals surface area contributed by atoms with E-state index in [-0.39, 0.29) is 11.4 Å². The van der Waals surface area contributed by atoms with Crippen LogP contribution in [0.2, 0.25) is 0 Å². The highest BCUT2D eigenvalue weighted by atomic mass is 16.5. The van der Waals surface area contributed by atoms with Crippen LogP contribution in [0.5, 0.6) is 0 Å². The third kappa shape index (κ3) is 3.74. The summed E-state index contributed by atoms with van der Waals surface area (Å²) in [5, 5.41) is 0. The normalized spacial score (nSPS) is 12.4. The number of carbonyl (C=O) groups is 1. The van der Waals surface area contributed by atoms with Crippen molar-refractivity contribution in [3.05, 3.63) is 41.5 Å². The molecular formula is C15H20O2. The molecule has 0 radical (unpaired) electrons. The van der Waals surface area contributed by atoms with Gasteiger partial charge in [0.25, 0.3) is 0 Å². The largest absolute Gasteiger partial charge is 0.466 e.